The molecule has 1 N–H and O–H groups in total. The molecule has 0 saturated heterocycles. The van der Waals surface area contributed by atoms with E-state index in [-0.39, 0.29) is 0 Å². The third kappa shape index (κ3) is 2.56. The maximum absolute atomic E-state index is 5.19. The summed E-state index contributed by atoms with van der Waals surface area (Å²) in [5.41, 5.74) is 2.32. The summed E-state index contributed by atoms with van der Waals surface area (Å²) in [6, 6.07) is 4.37. The average molecular weight is 275 g/mol. The first-order chi connectivity index (χ1) is 9.26. The van der Waals surface area contributed by atoms with Gasteiger partial charge in [-0.05, 0) is 43.2 Å². The lowest BCUT2D eigenvalue weighted by Gasteiger charge is -2.23. The summed E-state index contributed by atoms with van der Waals surface area (Å²) >= 11 is 1.84. The van der Waals surface area contributed by atoms with E-state index in [0.29, 0.717) is 17.9 Å². The molecule has 0 fully saturated rings. The standard InChI is InChI=1S/C14H17N3OS/c1-9-8-13(18-2)17-14(15-9)16-11-4-3-5-12-10(11)6-7-19-12/h6-8,11H,3-5H2,1-2H3,(H,15,16,17). The molecule has 4 nitrogen and oxygen atoms in total. The number of rotatable bonds is 3. The Kier molecular flexibility index (Phi) is 3.38. The van der Waals surface area contributed by atoms with Crippen molar-refractivity contribution in [2.45, 2.75) is 32.2 Å². The van der Waals surface area contributed by atoms with E-state index in [1.54, 1.807) is 7.11 Å². The molecule has 2 aromatic heterocycles. The molecule has 0 spiro atoms. The van der Waals surface area contributed by atoms with E-state index < -0.39 is 0 Å². The second-order valence-electron chi connectivity index (χ2n) is 4.76. The molecule has 3 rings (SSSR count). The molecule has 1 atom stereocenters. The van der Waals surface area contributed by atoms with Gasteiger partial charge in [-0.25, -0.2) is 4.98 Å². The minimum atomic E-state index is 0.321. The van der Waals surface area contributed by atoms with Crippen LogP contribution in [-0.4, -0.2) is 17.1 Å². The van der Waals surface area contributed by atoms with Crippen molar-refractivity contribution in [2.24, 2.45) is 0 Å². The van der Waals surface area contributed by atoms with Crippen LogP contribution in [0.5, 0.6) is 5.88 Å². The second-order valence-corrected chi connectivity index (χ2v) is 5.76. The summed E-state index contributed by atoms with van der Waals surface area (Å²) in [6.07, 6.45) is 3.54. The van der Waals surface area contributed by atoms with Gasteiger partial charge in [-0.1, -0.05) is 0 Å². The summed E-state index contributed by atoms with van der Waals surface area (Å²) in [4.78, 5) is 10.3. The maximum atomic E-state index is 5.19. The Morgan fingerprint density at radius 1 is 1.42 bits per heavy atom. The zero-order chi connectivity index (χ0) is 13.2. The number of ether oxygens (including phenoxy) is 1. The van der Waals surface area contributed by atoms with E-state index in [9.17, 15) is 0 Å². The van der Waals surface area contributed by atoms with E-state index >= 15 is 0 Å². The summed E-state index contributed by atoms with van der Waals surface area (Å²) in [5, 5.41) is 5.61. The van der Waals surface area contributed by atoms with Gasteiger partial charge in [0.15, 0.2) is 0 Å². The number of nitrogens with zero attached hydrogens (tertiary/aromatic N) is 2. The molecule has 5 heteroatoms. The molecule has 0 bridgehead atoms. The highest BCUT2D eigenvalue weighted by Crippen LogP contribution is 2.35. The van der Waals surface area contributed by atoms with Crippen molar-refractivity contribution in [3.63, 3.8) is 0 Å². The van der Waals surface area contributed by atoms with Gasteiger partial charge in [0.05, 0.1) is 13.2 Å². The summed E-state index contributed by atoms with van der Waals surface area (Å²) < 4.78 is 5.19. The fourth-order valence-corrected chi connectivity index (χ4v) is 3.49. The number of fused-ring (bicyclic) bond motifs is 1. The topological polar surface area (TPSA) is 47.0 Å². The number of methoxy groups -OCH3 is 1. The molecule has 0 amide bonds. The van der Waals surface area contributed by atoms with Gasteiger partial charge >= 0.3 is 0 Å². The van der Waals surface area contributed by atoms with Crippen LogP contribution in [0, 0.1) is 6.92 Å². The minimum absolute atomic E-state index is 0.321. The fraction of sp³-hybridized carbons (Fsp3) is 0.429. The molecule has 1 unspecified atom stereocenters. The van der Waals surface area contributed by atoms with Crippen molar-refractivity contribution >= 4 is 17.3 Å². The van der Waals surface area contributed by atoms with Gasteiger partial charge in [-0.15, -0.1) is 11.3 Å². The van der Waals surface area contributed by atoms with Gasteiger partial charge in [0.1, 0.15) is 0 Å². The first-order valence-corrected chi connectivity index (χ1v) is 7.36. The molecular formula is C14H17N3OS. The van der Waals surface area contributed by atoms with Crippen molar-refractivity contribution < 1.29 is 4.74 Å². The summed E-state index contributed by atoms with van der Waals surface area (Å²) in [7, 11) is 1.63. The Morgan fingerprint density at radius 2 is 2.32 bits per heavy atom. The summed E-state index contributed by atoms with van der Waals surface area (Å²) in [5.74, 6) is 1.26. The van der Waals surface area contributed by atoms with Crippen molar-refractivity contribution in [1.29, 1.82) is 0 Å². The molecule has 0 saturated carbocycles. The van der Waals surface area contributed by atoms with Crippen LogP contribution in [0.1, 0.15) is 35.0 Å². The maximum Gasteiger partial charge on any atom is 0.226 e. The average Bonchev–Trinajstić information content (AvgIpc) is 2.87. The highest BCUT2D eigenvalue weighted by Gasteiger charge is 2.21. The van der Waals surface area contributed by atoms with Crippen molar-refractivity contribution in [2.75, 3.05) is 12.4 Å². The zero-order valence-corrected chi connectivity index (χ0v) is 12.0. The fourth-order valence-electron chi connectivity index (χ4n) is 2.50. The van der Waals surface area contributed by atoms with Crippen molar-refractivity contribution in [1.82, 2.24) is 9.97 Å². The lowest BCUT2D eigenvalue weighted by Crippen LogP contribution is -2.17. The monoisotopic (exact) mass is 275 g/mol. The number of nitrogens with one attached hydrogen (secondary N) is 1. The third-order valence-electron chi connectivity index (χ3n) is 3.40. The third-order valence-corrected chi connectivity index (χ3v) is 4.39. The second kappa shape index (κ2) is 5.17. The van der Waals surface area contributed by atoms with Crippen LogP contribution in [-0.2, 0) is 6.42 Å². The summed E-state index contributed by atoms with van der Waals surface area (Å²) in [6.45, 7) is 1.95. The van der Waals surface area contributed by atoms with Crippen LogP contribution >= 0.6 is 11.3 Å². The number of hydrogen-bond acceptors (Lipinski definition) is 5. The molecule has 2 aromatic rings. The van der Waals surface area contributed by atoms with Gasteiger partial charge in [0, 0.05) is 16.6 Å². The molecule has 1 aliphatic rings. The number of aryl methyl sites for hydroxylation is 2. The molecule has 1 aliphatic carbocycles. The zero-order valence-electron chi connectivity index (χ0n) is 11.1. The highest BCUT2D eigenvalue weighted by atomic mass is 32.1. The highest BCUT2D eigenvalue weighted by molar-refractivity contribution is 7.10. The van der Waals surface area contributed by atoms with Crippen LogP contribution in [0.4, 0.5) is 5.95 Å². The van der Waals surface area contributed by atoms with Gasteiger partial charge < -0.3 is 10.1 Å². The van der Waals surface area contributed by atoms with Crippen molar-refractivity contribution in [3.05, 3.63) is 33.6 Å². The van der Waals surface area contributed by atoms with E-state index in [4.69, 9.17) is 4.74 Å². The predicted molar refractivity (Wildman–Crippen MR) is 76.9 cm³/mol. The molecule has 19 heavy (non-hydrogen) atoms. The van der Waals surface area contributed by atoms with E-state index in [1.807, 2.05) is 24.3 Å². The molecule has 0 aromatic carbocycles. The van der Waals surface area contributed by atoms with Crippen LogP contribution in [0.3, 0.4) is 0 Å². The SMILES string of the molecule is COc1cc(C)nc(NC2CCCc3sccc32)n1. The minimum Gasteiger partial charge on any atom is -0.481 e. The largest absolute Gasteiger partial charge is 0.481 e. The molecule has 0 aliphatic heterocycles. The number of anilines is 1. The van der Waals surface area contributed by atoms with Crippen LogP contribution in [0.2, 0.25) is 0 Å². The molecular weight excluding hydrogens is 258 g/mol. The Labute approximate surface area is 116 Å². The first kappa shape index (κ1) is 12.4. The Bertz CT molecular complexity index is 582. The first-order valence-electron chi connectivity index (χ1n) is 6.49. The van der Waals surface area contributed by atoms with E-state index in [0.717, 1.165) is 12.1 Å². The van der Waals surface area contributed by atoms with Gasteiger partial charge in [0.2, 0.25) is 11.8 Å². The lowest BCUT2D eigenvalue weighted by atomic mass is 9.94. The van der Waals surface area contributed by atoms with Crippen LogP contribution < -0.4 is 10.1 Å². The Balaban J connectivity index is 1.85. The van der Waals surface area contributed by atoms with E-state index in [1.165, 1.54) is 23.3 Å². The van der Waals surface area contributed by atoms with Crippen LogP contribution in [0.15, 0.2) is 17.5 Å². The molecule has 100 valence electrons. The predicted octanol–water partition coefficient (Wildman–Crippen LogP) is 3.34. The quantitative estimate of drug-likeness (QED) is 0.933. The number of hydrogen-bond donors (Lipinski definition) is 1. The van der Waals surface area contributed by atoms with E-state index in [2.05, 4.69) is 26.7 Å². The molecule has 2 heterocycles. The number of thiophene rings is 1. The van der Waals surface area contributed by atoms with Gasteiger partial charge in [0.25, 0.3) is 0 Å². The lowest BCUT2D eigenvalue weighted by molar-refractivity contribution is 0.396. The smallest absolute Gasteiger partial charge is 0.226 e. The van der Waals surface area contributed by atoms with Crippen molar-refractivity contribution in [3.8, 4) is 5.88 Å². The van der Waals surface area contributed by atoms with Crippen LogP contribution in [0.25, 0.3) is 0 Å². The Morgan fingerprint density at radius 3 is 3.16 bits per heavy atom. The molecule has 0 radical (unpaired) electrons. The normalized spacial score (nSPS) is 17.9. The van der Waals surface area contributed by atoms with Gasteiger partial charge in [-0.2, -0.15) is 4.98 Å². The Hall–Kier alpha value is -1.62. The number of aromatic nitrogens is 2. The van der Waals surface area contributed by atoms with Gasteiger partial charge in [-0.3, -0.25) is 0 Å².